The summed E-state index contributed by atoms with van der Waals surface area (Å²) in [7, 11) is 0. The molecule has 0 amide bonds. The summed E-state index contributed by atoms with van der Waals surface area (Å²) in [6.07, 6.45) is 5.95. The number of hydrogen-bond donors (Lipinski definition) is 2. The maximum Gasteiger partial charge on any atom is 0.314 e. The zero-order chi connectivity index (χ0) is 21.5. The lowest BCUT2D eigenvalue weighted by atomic mass is 9.62. The van der Waals surface area contributed by atoms with E-state index in [1.807, 2.05) is 36.4 Å². The minimum Gasteiger partial charge on any atom is -0.481 e. The molecule has 0 heterocycles. The number of carboxylic acids is 2. The number of rotatable bonds is 4. The van der Waals surface area contributed by atoms with E-state index in [9.17, 15) is 19.8 Å². The number of benzene rings is 2. The second kappa shape index (κ2) is 7.72. The van der Waals surface area contributed by atoms with Gasteiger partial charge in [-0.15, -0.1) is 0 Å². The van der Waals surface area contributed by atoms with E-state index in [2.05, 4.69) is 13.8 Å². The number of aliphatic carboxylic acids is 2. The zero-order valence-corrected chi connectivity index (χ0v) is 18.0. The lowest BCUT2D eigenvalue weighted by molar-refractivity contribution is -0.146. The summed E-state index contributed by atoms with van der Waals surface area (Å²) in [5.41, 5.74) is -0.253. The molecule has 4 rings (SSSR count). The molecule has 0 saturated heterocycles. The van der Waals surface area contributed by atoms with E-state index in [0.717, 1.165) is 47.6 Å². The van der Waals surface area contributed by atoms with Gasteiger partial charge in [-0.1, -0.05) is 50.2 Å². The Bertz CT molecular complexity index is 885. The summed E-state index contributed by atoms with van der Waals surface area (Å²) in [6.45, 7) is 4.37. The van der Waals surface area contributed by atoms with Gasteiger partial charge in [0.05, 0.1) is 10.8 Å². The first kappa shape index (κ1) is 20.9. The molecule has 2 N–H and O–H groups in total. The van der Waals surface area contributed by atoms with Gasteiger partial charge >= 0.3 is 11.9 Å². The summed E-state index contributed by atoms with van der Waals surface area (Å²) in [5.74, 6) is -0.508. The van der Waals surface area contributed by atoms with Gasteiger partial charge in [-0.05, 0) is 85.1 Å². The fourth-order valence-electron chi connectivity index (χ4n) is 5.85. The van der Waals surface area contributed by atoms with Crippen molar-refractivity contribution < 1.29 is 19.8 Å². The van der Waals surface area contributed by atoms with Gasteiger partial charge in [-0.3, -0.25) is 9.59 Å². The van der Waals surface area contributed by atoms with Crippen molar-refractivity contribution in [3.8, 4) is 0 Å². The quantitative estimate of drug-likeness (QED) is 0.660. The van der Waals surface area contributed by atoms with Gasteiger partial charge in [0.1, 0.15) is 0 Å². The molecule has 4 heteroatoms. The number of hydrogen-bond acceptors (Lipinski definition) is 2. The van der Waals surface area contributed by atoms with E-state index in [0.29, 0.717) is 37.5 Å². The number of fused-ring (bicyclic) bond motifs is 1. The summed E-state index contributed by atoms with van der Waals surface area (Å²) < 4.78 is 0. The highest BCUT2D eigenvalue weighted by atomic mass is 16.4. The lowest BCUT2D eigenvalue weighted by Gasteiger charge is -2.40. The molecular weight excluding hydrogens is 376 g/mol. The third-order valence-electron chi connectivity index (χ3n) is 8.01. The third kappa shape index (κ3) is 3.21. The molecule has 0 radical (unpaired) electrons. The monoisotopic (exact) mass is 408 g/mol. The highest BCUT2D eigenvalue weighted by Gasteiger charge is 2.47. The molecule has 30 heavy (non-hydrogen) atoms. The molecule has 0 bridgehead atoms. The van der Waals surface area contributed by atoms with Crippen LogP contribution in [0.4, 0.5) is 0 Å². The number of carboxylic acid groups (broad SMARTS) is 2. The van der Waals surface area contributed by atoms with Crippen LogP contribution < -0.4 is 0 Å². The topological polar surface area (TPSA) is 74.6 Å². The Morgan fingerprint density at radius 1 is 0.733 bits per heavy atom. The van der Waals surface area contributed by atoms with Crippen molar-refractivity contribution in [2.24, 2.45) is 11.8 Å². The van der Waals surface area contributed by atoms with Crippen molar-refractivity contribution >= 4 is 22.7 Å². The van der Waals surface area contributed by atoms with Gasteiger partial charge in [0.15, 0.2) is 0 Å². The first-order chi connectivity index (χ1) is 14.3. The van der Waals surface area contributed by atoms with Crippen molar-refractivity contribution in [1.82, 2.24) is 0 Å². The van der Waals surface area contributed by atoms with E-state index < -0.39 is 22.8 Å². The average Bonchev–Trinajstić information content (AvgIpc) is 2.74. The Morgan fingerprint density at radius 3 is 1.43 bits per heavy atom. The van der Waals surface area contributed by atoms with Gasteiger partial charge in [0.2, 0.25) is 0 Å². The molecule has 2 aliphatic rings. The highest BCUT2D eigenvalue weighted by molar-refractivity contribution is 5.99. The fourth-order valence-corrected chi connectivity index (χ4v) is 5.85. The van der Waals surface area contributed by atoms with Crippen LogP contribution in [0.5, 0.6) is 0 Å². The largest absolute Gasteiger partial charge is 0.481 e. The molecule has 2 aromatic rings. The minimum absolute atomic E-state index is 0.525. The maximum atomic E-state index is 12.7. The van der Waals surface area contributed by atoms with Crippen molar-refractivity contribution in [3.05, 3.63) is 47.5 Å². The molecule has 0 unspecified atom stereocenters. The van der Waals surface area contributed by atoms with Crippen molar-refractivity contribution in [2.45, 2.75) is 76.0 Å². The van der Waals surface area contributed by atoms with Crippen LogP contribution >= 0.6 is 0 Å². The van der Waals surface area contributed by atoms with Crippen LogP contribution in [0.3, 0.4) is 0 Å². The SMILES string of the molecule is CC1CCC(C(=O)O)(c2cccc3cccc(C4(C(=O)O)CCC(C)CC4)c23)CC1. The zero-order valence-electron chi connectivity index (χ0n) is 18.0. The van der Waals surface area contributed by atoms with E-state index in [-0.39, 0.29) is 0 Å². The molecule has 0 atom stereocenters. The normalized spacial score (nSPS) is 32.1. The predicted molar refractivity (Wildman–Crippen MR) is 118 cm³/mol. The van der Waals surface area contributed by atoms with Crippen molar-refractivity contribution in [2.75, 3.05) is 0 Å². The Morgan fingerprint density at radius 2 is 1.10 bits per heavy atom. The molecule has 0 aliphatic heterocycles. The summed E-state index contributed by atoms with van der Waals surface area (Å²) in [5, 5.41) is 22.6. The van der Waals surface area contributed by atoms with Gasteiger partial charge < -0.3 is 10.2 Å². The van der Waals surface area contributed by atoms with E-state index >= 15 is 0 Å². The first-order valence-electron chi connectivity index (χ1n) is 11.3. The molecule has 2 fully saturated rings. The first-order valence-corrected chi connectivity index (χ1v) is 11.3. The molecular formula is C26H32O4. The Balaban J connectivity index is 1.98. The van der Waals surface area contributed by atoms with Crippen LogP contribution in [0.2, 0.25) is 0 Å². The summed E-state index contributed by atoms with van der Waals surface area (Å²) in [4.78, 5) is 25.3. The molecule has 2 saturated carbocycles. The fraction of sp³-hybridized carbons (Fsp3) is 0.538. The third-order valence-corrected chi connectivity index (χ3v) is 8.01. The molecule has 160 valence electrons. The van der Waals surface area contributed by atoms with Crippen LogP contribution in [0.1, 0.15) is 76.3 Å². The number of carbonyl (C=O) groups is 2. The summed E-state index contributed by atoms with van der Waals surface area (Å²) >= 11 is 0. The molecule has 0 spiro atoms. The Labute approximate surface area is 178 Å². The molecule has 2 aliphatic carbocycles. The molecule has 2 aromatic carbocycles. The van der Waals surface area contributed by atoms with Crippen molar-refractivity contribution in [1.29, 1.82) is 0 Å². The predicted octanol–water partition coefficient (Wildman–Crippen LogP) is 5.90. The van der Waals surface area contributed by atoms with Crippen LogP contribution in [0.25, 0.3) is 10.8 Å². The van der Waals surface area contributed by atoms with E-state index in [1.54, 1.807) is 0 Å². The lowest BCUT2D eigenvalue weighted by Crippen LogP contribution is -2.42. The van der Waals surface area contributed by atoms with Crippen molar-refractivity contribution in [3.63, 3.8) is 0 Å². The van der Waals surface area contributed by atoms with Crippen LogP contribution in [0.15, 0.2) is 36.4 Å². The van der Waals surface area contributed by atoms with Gasteiger partial charge in [0.25, 0.3) is 0 Å². The van der Waals surface area contributed by atoms with Gasteiger partial charge in [-0.25, -0.2) is 0 Å². The molecule has 4 nitrogen and oxygen atoms in total. The second-order valence-corrected chi connectivity index (χ2v) is 9.85. The van der Waals surface area contributed by atoms with Crippen LogP contribution in [-0.2, 0) is 20.4 Å². The van der Waals surface area contributed by atoms with Gasteiger partial charge in [0, 0.05) is 0 Å². The second-order valence-electron chi connectivity index (χ2n) is 9.85. The van der Waals surface area contributed by atoms with E-state index in [1.165, 1.54) is 0 Å². The average molecular weight is 409 g/mol. The highest BCUT2D eigenvalue weighted by Crippen LogP contribution is 2.49. The Hall–Kier alpha value is -2.36. The maximum absolute atomic E-state index is 12.7. The van der Waals surface area contributed by atoms with Crippen LogP contribution in [0, 0.1) is 11.8 Å². The molecule has 0 aromatic heterocycles. The smallest absolute Gasteiger partial charge is 0.314 e. The minimum atomic E-state index is -0.941. The van der Waals surface area contributed by atoms with Crippen LogP contribution in [-0.4, -0.2) is 22.2 Å². The standard InChI is InChI=1S/C26H32O4/c1-17-9-13-25(14-10-17,23(27)28)20-7-3-5-19-6-4-8-21(22(19)20)26(24(29)30)15-11-18(2)12-16-26/h3-8,17-18H,9-16H2,1-2H3,(H,27,28)(H,29,30). The van der Waals surface area contributed by atoms with Gasteiger partial charge in [-0.2, -0.15) is 0 Å². The Kier molecular flexibility index (Phi) is 5.37. The van der Waals surface area contributed by atoms with E-state index in [4.69, 9.17) is 0 Å². The summed E-state index contributed by atoms with van der Waals surface area (Å²) in [6, 6.07) is 11.7.